The van der Waals surface area contributed by atoms with Crippen molar-refractivity contribution in [2.75, 3.05) is 19.8 Å². The third-order valence-electron chi connectivity index (χ3n) is 6.80. The summed E-state index contributed by atoms with van der Waals surface area (Å²) in [5, 5.41) is 9.93. The number of ether oxygens (including phenoxy) is 3. The van der Waals surface area contributed by atoms with Gasteiger partial charge in [0.2, 0.25) is 0 Å². The molecule has 0 radical (unpaired) electrons. The Bertz CT molecular complexity index is 1180. The van der Waals surface area contributed by atoms with Crippen LogP contribution in [0.2, 0.25) is 0 Å². The lowest BCUT2D eigenvalue weighted by Gasteiger charge is -2.19. The van der Waals surface area contributed by atoms with Crippen molar-refractivity contribution >= 4 is 5.97 Å². The van der Waals surface area contributed by atoms with E-state index < -0.39 is 5.97 Å². The van der Waals surface area contributed by atoms with Crippen LogP contribution in [0.25, 0.3) is 22.3 Å². The van der Waals surface area contributed by atoms with Gasteiger partial charge < -0.3 is 19.3 Å². The molecule has 3 aromatic rings. The largest absolute Gasteiger partial charge is 0.494 e. The lowest BCUT2D eigenvalue weighted by Crippen LogP contribution is -2.08. The van der Waals surface area contributed by atoms with Crippen molar-refractivity contribution in [1.82, 2.24) is 0 Å². The smallest absolute Gasteiger partial charge is 0.339 e. The minimum atomic E-state index is -1.03. The highest BCUT2D eigenvalue weighted by Crippen LogP contribution is 2.42. The lowest BCUT2D eigenvalue weighted by atomic mass is 9.97. The number of benzene rings is 3. The number of hydrogen-bond donors (Lipinski definition) is 1. The molecule has 3 aromatic carbocycles. The monoisotopic (exact) mass is 544 g/mol. The highest BCUT2D eigenvalue weighted by molar-refractivity contribution is 5.96. The third kappa shape index (κ3) is 9.18. The summed E-state index contributed by atoms with van der Waals surface area (Å²) in [7, 11) is 0. The molecule has 5 heteroatoms. The maximum Gasteiger partial charge on any atom is 0.339 e. The average molecular weight is 545 g/mol. The quantitative estimate of drug-likeness (QED) is 0.120. The predicted molar refractivity (Wildman–Crippen MR) is 164 cm³/mol. The molecule has 5 nitrogen and oxygen atoms in total. The Morgan fingerprint density at radius 3 is 1.95 bits per heavy atom. The van der Waals surface area contributed by atoms with E-state index in [-0.39, 0.29) is 5.56 Å². The fourth-order valence-corrected chi connectivity index (χ4v) is 4.49. The zero-order valence-corrected chi connectivity index (χ0v) is 24.1. The van der Waals surface area contributed by atoms with Gasteiger partial charge in [-0.05, 0) is 60.2 Å². The van der Waals surface area contributed by atoms with E-state index in [1.807, 2.05) is 36.4 Å². The molecule has 0 saturated carbocycles. The molecule has 0 amide bonds. The first-order valence-corrected chi connectivity index (χ1v) is 14.7. The van der Waals surface area contributed by atoms with Crippen LogP contribution in [-0.4, -0.2) is 30.9 Å². The number of unbranched alkanes of at least 4 members (excludes halogenated alkanes) is 6. The van der Waals surface area contributed by atoms with E-state index in [9.17, 15) is 9.90 Å². The van der Waals surface area contributed by atoms with Gasteiger partial charge in [-0.2, -0.15) is 0 Å². The van der Waals surface area contributed by atoms with Crippen molar-refractivity contribution in [3.8, 4) is 39.5 Å². The SMILES string of the molecule is C=CCCOc1c(C(=O)O)ccc(OCCCCCCCC)c1-c1ccc(-c2ccc(OCCCC)cc2)cc1. The first-order chi connectivity index (χ1) is 19.6. The van der Waals surface area contributed by atoms with Gasteiger partial charge in [0.25, 0.3) is 0 Å². The van der Waals surface area contributed by atoms with Crippen LogP contribution in [0, 0.1) is 0 Å². The second kappa shape index (κ2) is 17.1. The molecule has 0 aliphatic heterocycles. The molecule has 0 unspecified atom stereocenters. The summed E-state index contributed by atoms with van der Waals surface area (Å²) in [4.78, 5) is 12.1. The molecule has 3 rings (SSSR count). The molecule has 0 fully saturated rings. The topological polar surface area (TPSA) is 65.0 Å². The maximum absolute atomic E-state index is 12.1. The second-order valence-electron chi connectivity index (χ2n) is 9.97. The van der Waals surface area contributed by atoms with E-state index in [1.165, 1.54) is 25.7 Å². The highest BCUT2D eigenvalue weighted by Gasteiger charge is 2.22. The van der Waals surface area contributed by atoms with Crippen molar-refractivity contribution in [2.24, 2.45) is 0 Å². The van der Waals surface area contributed by atoms with Crippen molar-refractivity contribution in [1.29, 1.82) is 0 Å². The number of carbonyl (C=O) groups is 1. The minimum absolute atomic E-state index is 0.119. The zero-order chi connectivity index (χ0) is 28.6. The molecule has 1 N–H and O–H groups in total. The average Bonchev–Trinajstić information content (AvgIpc) is 2.97. The molecule has 0 aromatic heterocycles. The van der Waals surface area contributed by atoms with Gasteiger partial charge in [-0.25, -0.2) is 4.79 Å². The zero-order valence-electron chi connectivity index (χ0n) is 24.1. The molecule has 0 heterocycles. The number of rotatable bonds is 19. The number of carboxylic acids is 1. The van der Waals surface area contributed by atoms with Gasteiger partial charge in [-0.1, -0.05) is 94.8 Å². The van der Waals surface area contributed by atoms with Crippen molar-refractivity contribution in [3.05, 3.63) is 78.9 Å². The van der Waals surface area contributed by atoms with E-state index in [0.29, 0.717) is 36.7 Å². The summed E-state index contributed by atoms with van der Waals surface area (Å²) in [6, 6.07) is 19.5. The normalized spacial score (nSPS) is 10.8. The van der Waals surface area contributed by atoms with Crippen LogP contribution in [0.5, 0.6) is 17.2 Å². The summed E-state index contributed by atoms with van der Waals surface area (Å²) >= 11 is 0. The van der Waals surface area contributed by atoms with Gasteiger partial charge in [0, 0.05) is 0 Å². The second-order valence-corrected chi connectivity index (χ2v) is 9.97. The van der Waals surface area contributed by atoms with Crippen LogP contribution in [0.4, 0.5) is 0 Å². The lowest BCUT2D eigenvalue weighted by molar-refractivity contribution is 0.0692. The molecule has 0 spiro atoms. The van der Waals surface area contributed by atoms with Gasteiger partial charge in [-0.3, -0.25) is 0 Å². The summed E-state index contributed by atoms with van der Waals surface area (Å²) in [5.41, 5.74) is 3.77. The Morgan fingerprint density at radius 2 is 1.30 bits per heavy atom. The maximum atomic E-state index is 12.1. The molecular formula is C35H44O5. The van der Waals surface area contributed by atoms with Gasteiger partial charge in [0.05, 0.1) is 25.4 Å². The standard InChI is InChI=1S/C35H44O5/c1-4-7-10-11-12-13-26-39-32-23-22-31(35(36)37)34(40-25-9-6-3)33(32)29-16-14-27(15-17-29)28-18-20-30(21-19-28)38-24-8-5-2/h6,14-23H,3-5,7-13,24-26H2,1-2H3,(H,36,37). The first-order valence-electron chi connectivity index (χ1n) is 14.7. The van der Waals surface area contributed by atoms with Gasteiger partial charge in [-0.15, -0.1) is 6.58 Å². The fourth-order valence-electron chi connectivity index (χ4n) is 4.49. The highest BCUT2D eigenvalue weighted by atomic mass is 16.5. The van der Waals surface area contributed by atoms with Crippen molar-refractivity contribution in [3.63, 3.8) is 0 Å². The van der Waals surface area contributed by atoms with Crippen molar-refractivity contribution in [2.45, 2.75) is 71.6 Å². The molecule has 40 heavy (non-hydrogen) atoms. The van der Waals surface area contributed by atoms with Gasteiger partial charge in [0.15, 0.2) is 0 Å². The van der Waals surface area contributed by atoms with E-state index in [2.05, 4.69) is 32.6 Å². The molecule has 0 aliphatic carbocycles. The predicted octanol–water partition coefficient (Wildman–Crippen LogP) is 9.59. The van der Waals surface area contributed by atoms with Gasteiger partial charge in [0.1, 0.15) is 22.8 Å². The summed E-state index contributed by atoms with van der Waals surface area (Å²) in [5.74, 6) is 0.799. The molecule has 0 aliphatic rings. The minimum Gasteiger partial charge on any atom is -0.494 e. The number of hydrogen-bond acceptors (Lipinski definition) is 4. The van der Waals surface area contributed by atoms with Crippen LogP contribution in [0.3, 0.4) is 0 Å². The Balaban J connectivity index is 1.87. The van der Waals surface area contributed by atoms with E-state index >= 15 is 0 Å². The van der Waals surface area contributed by atoms with Crippen LogP contribution in [0.15, 0.2) is 73.3 Å². The van der Waals surface area contributed by atoms with Crippen LogP contribution >= 0.6 is 0 Å². The summed E-state index contributed by atoms with van der Waals surface area (Å²) in [6.07, 6.45) is 11.5. The van der Waals surface area contributed by atoms with Crippen LogP contribution < -0.4 is 14.2 Å². The fraction of sp³-hybridized carbons (Fsp3) is 0.400. The molecule has 0 saturated heterocycles. The third-order valence-corrected chi connectivity index (χ3v) is 6.80. The van der Waals surface area contributed by atoms with Gasteiger partial charge >= 0.3 is 5.97 Å². The summed E-state index contributed by atoms with van der Waals surface area (Å²) < 4.78 is 18.1. The Hall–Kier alpha value is -3.73. The summed E-state index contributed by atoms with van der Waals surface area (Å²) in [6.45, 7) is 9.75. The Kier molecular flexibility index (Phi) is 13.1. The Morgan fingerprint density at radius 1 is 0.700 bits per heavy atom. The van der Waals surface area contributed by atoms with E-state index in [1.54, 1.807) is 18.2 Å². The van der Waals surface area contributed by atoms with Crippen LogP contribution in [0.1, 0.15) is 82.0 Å². The first kappa shape index (κ1) is 30.8. The molecule has 0 bridgehead atoms. The van der Waals surface area contributed by atoms with Crippen LogP contribution in [-0.2, 0) is 0 Å². The number of aromatic carboxylic acids is 1. The van der Waals surface area contributed by atoms with E-state index in [4.69, 9.17) is 14.2 Å². The molecule has 0 atom stereocenters. The van der Waals surface area contributed by atoms with E-state index in [0.717, 1.165) is 54.7 Å². The Labute approximate surface area is 239 Å². The number of carboxylic acid groups (broad SMARTS) is 1. The van der Waals surface area contributed by atoms with Crippen molar-refractivity contribution < 1.29 is 24.1 Å². The molecule has 214 valence electrons. The molecular weight excluding hydrogens is 500 g/mol.